The van der Waals surface area contributed by atoms with E-state index in [2.05, 4.69) is 10.6 Å². The van der Waals surface area contributed by atoms with Crippen LogP contribution in [0.4, 0.5) is 16.2 Å². The van der Waals surface area contributed by atoms with Gasteiger partial charge in [-0.1, -0.05) is 44.2 Å². The minimum absolute atomic E-state index is 0.0153. The Hall–Kier alpha value is -2.82. The Kier molecular flexibility index (Phi) is 5.26. The van der Waals surface area contributed by atoms with E-state index in [0.29, 0.717) is 12.2 Å². The van der Waals surface area contributed by atoms with Gasteiger partial charge in [0.15, 0.2) is 0 Å². The van der Waals surface area contributed by atoms with Gasteiger partial charge in [0.1, 0.15) is 6.04 Å². The number of nitrogens with zero attached hydrogens (tertiary/aromatic N) is 1. The van der Waals surface area contributed by atoms with E-state index < -0.39 is 6.04 Å². The number of aryl methyl sites for hydroxylation is 1. The summed E-state index contributed by atoms with van der Waals surface area (Å²) in [6, 6.07) is 14.6. The van der Waals surface area contributed by atoms with Crippen LogP contribution in [-0.4, -0.2) is 24.5 Å². The maximum atomic E-state index is 13.1. The lowest BCUT2D eigenvalue weighted by atomic mass is 10.0. The minimum atomic E-state index is -0.578. The lowest BCUT2D eigenvalue weighted by Crippen LogP contribution is -2.52. The van der Waals surface area contributed by atoms with Crippen LogP contribution in [-0.2, 0) is 11.2 Å². The molecule has 0 saturated heterocycles. The lowest BCUT2D eigenvalue weighted by molar-refractivity contribution is -0.121. The Labute approximate surface area is 154 Å². The third-order valence-corrected chi connectivity index (χ3v) is 4.65. The topological polar surface area (TPSA) is 61.4 Å². The molecule has 5 heteroatoms. The first kappa shape index (κ1) is 18.0. The predicted octanol–water partition coefficient (Wildman–Crippen LogP) is 3.73. The first-order chi connectivity index (χ1) is 12.5. The maximum Gasteiger partial charge on any atom is 0.319 e. The number of fused-ring (bicyclic) bond motifs is 1. The average Bonchev–Trinajstić information content (AvgIpc) is 3.03. The molecule has 0 fully saturated rings. The number of carbonyl (C=O) groups excluding carboxylic acids is 2. The summed E-state index contributed by atoms with van der Waals surface area (Å²) in [5, 5.41) is 5.66. The van der Waals surface area contributed by atoms with Crippen LogP contribution in [0.1, 0.15) is 25.0 Å². The fraction of sp³-hybridized carbons (Fsp3) is 0.333. The van der Waals surface area contributed by atoms with Crippen molar-refractivity contribution in [2.24, 2.45) is 5.92 Å². The van der Waals surface area contributed by atoms with E-state index in [1.807, 2.05) is 69.3 Å². The summed E-state index contributed by atoms with van der Waals surface area (Å²) in [6.45, 7) is 6.51. The van der Waals surface area contributed by atoms with E-state index in [4.69, 9.17) is 0 Å². The monoisotopic (exact) mass is 351 g/mol. The number of anilines is 2. The zero-order valence-electron chi connectivity index (χ0n) is 15.5. The molecule has 2 aromatic carbocycles. The third kappa shape index (κ3) is 3.87. The van der Waals surface area contributed by atoms with Crippen LogP contribution in [0.25, 0.3) is 0 Å². The van der Waals surface area contributed by atoms with Crippen LogP contribution in [0.5, 0.6) is 0 Å². The molecule has 0 radical (unpaired) electrons. The zero-order valence-corrected chi connectivity index (χ0v) is 15.5. The summed E-state index contributed by atoms with van der Waals surface area (Å²) in [4.78, 5) is 27.3. The largest absolute Gasteiger partial charge is 0.326 e. The highest BCUT2D eigenvalue weighted by Crippen LogP contribution is 2.28. The Morgan fingerprint density at radius 2 is 1.85 bits per heavy atom. The van der Waals surface area contributed by atoms with E-state index in [0.717, 1.165) is 17.7 Å². The quantitative estimate of drug-likeness (QED) is 0.882. The van der Waals surface area contributed by atoms with Crippen LogP contribution in [0.3, 0.4) is 0 Å². The second-order valence-electron chi connectivity index (χ2n) is 7.06. The summed E-state index contributed by atoms with van der Waals surface area (Å²) >= 11 is 0. The summed E-state index contributed by atoms with van der Waals surface area (Å²) in [6.07, 6.45) is 0.849. The van der Waals surface area contributed by atoms with Gasteiger partial charge in [-0.25, -0.2) is 4.79 Å². The molecule has 136 valence electrons. The molecule has 0 spiro atoms. The third-order valence-electron chi connectivity index (χ3n) is 4.65. The highest BCUT2D eigenvalue weighted by molar-refractivity contribution is 6.02. The highest BCUT2D eigenvalue weighted by Gasteiger charge is 2.32. The first-order valence-electron chi connectivity index (χ1n) is 8.99. The number of benzene rings is 2. The van der Waals surface area contributed by atoms with Gasteiger partial charge in [0, 0.05) is 17.9 Å². The Morgan fingerprint density at radius 3 is 2.58 bits per heavy atom. The molecule has 2 aromatic rings. The fourth-order valence-electron chi connectivity index (χ4n) is 3.28. The van der Waals surface area contributed by atoms with Crippen LogP contribution in [0, 0.1) is 12.8 Å². The van der Waals surface area contributed by atoms with Gasteiger partial charge < -0.3 is 15.5 Å². The van der Waals surface area contributed by atoms with Crippen molar-refractivity contribution < 1.29 is 9.59 Å². The molecule has 5 nitrogen and oxygen atoms in total. The second-order valence-corrected chi connectivity index (χ2v) is 7.06. The van der Waals surface area contributed by atoms with Crippen LogP contribution in [0.2, 0.25) is 0 Å². The van der Waals surface area contributed by atoms with Crippen LogP contribution in [0.15, 0.2) is 48.5 Å². The standard InChI is InChI=1S/C21H25N3O2/c1-14(2)19(23-21(26)22-17-9-6-7-15(3)13-17)20(25)24-12-11-16-8-4-5-10-18(16)24/h4-10,13-14,19H,11-12H2,1-3H3,(H2,22,23,26)/t19-/m0/s1. The molecule has 0 aromatic heterocycles. The van der Waals surface area contributed by atoms with E-state index in [-0.39, 0.29) is 17.9 Å². The van der Waals surface area contributed by atoms with E-state index in [1.165, 1.54) is 5.56 Å². The molecule has 1 aliphatic heterocycles. The fourth-order valence-corrected chi connectivity index (χ4v) is 3.28. The van der Waals surface area contributed by atoms with Crippen molar-refractivity contribution in [1.29, 1.82) is 0 Å². The summed E-state index contributed by atoms with van der Waals surface area (Å²) in [7, 11) is 0. The van der Waals surface area contributed by atoms with Crippen molar-refractivity contribution in [3.05, 3.63) is 59.7 Å². The van der Waals surface area contributed by atoms with Crippen LogP contribution >= 0.6 is 0 Å². The molecule has 26 heavy (non-hydrogen) atoms. The highest BCUT2D eigenvalue weighted by atomic mass is 16.2. The van der Waals surface area contributed by atoms with Gasteiger partial charge in [0.2, 0.25) is 5.91 Å². The number of hydrogen-bond donors (Lipinski definition) is 2. The van der Waals surface area contributed by atoms with Gasteiger partial charge in [-0.2, -0.15) is 0 Å². The van der Waals surface area contributed by atoms with Gasteiger partial charge in [-0.05, 0) is 48.6 Å². The molecular formula is C21H25N3O2. The molecule has 1 heterocycles. The molecule has 0 saturated carbocycles. The van der Waals surface area contributed by atoms with Gasteiger partial charge in [-0.3, -0.25) is 4.79 Å². The van der Waals surface area contributed by atoms with Gasteiger partial charge in [0.05, 0.1) is 0 Å². The average molecular weight is 351 g/mol. The van der Waals surface area contributed by atoms with Crippen molar-refractivity contribution in [3.8, 4) is 0 Å². The molecule has 1 atom stereocenters. The molecule has 0 unspecified atom stereocenters. The first-order valence-corrected chi connectivity index (χ1v) is 8.99. The minimum Gasteiger partial charge on any atom is -0.326 e. The van der Waals surface area contributed by atoms with Gasteiger partial charge in [0.25, 0.3) is 0 Å². The number of urea groups is 1. The van der Waals surface area contributed by atoms with E-state index in [1.54, 1.807) is 4.90 Å². The maximum absolute atomic E-state index is 13.1. The number of hydrogen-bond acceptors (Lipinski definition) is 2. The van der Waals surface area contributed by atoms with Gasteiger partial charge in [-0.15, -0.1) is 0 Å². The second kappa shape index (κ2) is 7.60. The lowest BCUT2D eigenvalue weighted by Gasteiger charge is -2.27. The molecule has 3 rings (SSSR count). The molecule has 2 N–H and O–H groups in total. The predicted molar refractivity (Wildman–Crippen MR) is 104 cm³/mol. The Balaban J connectivity index is 1.71. The van der Waals surface area contributed by atoms with Crippen molar-refractivity contribution in [1.82, 2.24) is 5.32 Å². The molecule has 0 aliphatic carbocycles. The number of carbonyl (C=O) groups is 2. The summed E-state index contributed by atoms with van der Waals surface area (Å²) in [5.74, 6) is -0.0807. The van der Waals surface area contributed by atoms with Crippen molar-refractivity contribution >= 4 is 23.3 Å². The Bertz CT molecular complexity index is 816. The summed E-state index contributed by atoms with van der Waals surface area (Å²) in [5.41, 5.74) is 3.90. The molecular weight excluding hydrogens is 326 g/mol. The summed E-state index contributed by atoms with van der Waals surface area (Å²) < 4.78 is 0. The van der Waals surface area contributed by atoms with E-state index >= 15 is 0 Å². The van der Waals surface area contributed by atoms with Crippen molar-refractivity contribution in [3.63, 3.8) is 0 Å². The van der Waals surface area contributed by atoms with Crippen molar-refractivity contribution in [2.75, 3.05) is 16.8 Å². The molecule has 0 bridgehead atoms. The normalized spacial score (nSPS) is 14.1. The van der Waals surface area contributed by atoms with Crippen molar-refractivity contribution in [2.45, 2.75) is 33.2 Å². The SMILES string of the molecule is Cc1cccc(NC(=O)N[C@H](C(=O)N2CCc3ccccc32)C(C)C)c1. The Morgan fingerprint density at radius 1 is 1.08 bits per heavy atom. The zero-order chi connectivity index (χ0) is 18.7. The smallest absolute Gasteiger partial charge is 0.319 e. The molecule has 3 amide bonds. The number of nitrogens with one attached hydrogen (secondary N) is 2. The van der Waals surface area contributed by atoms with E-state index in [9.17, 15) is 9.59 Å². The number of rotatable bonds is 4. The number of para-hydroxylation sites is 1. The van der Waals surface area contributed by atoms with Gasteiger partial charge >= 0.3 is 6.03 Å². The van der Waals surface area contributed by atoms with Crippen LogP contribution < -0.4 is 15.5 Å². The number of amides is 3. The molecule has 1 aliphatic rings.